The van der Waals surface area contributed by atoms with Crippen molar-refractivity contribution in [3.63, 3.8) is 0 Å². The second kappa shape index (κ2) is 5.51. The molecule has 0 radical (unpaired) electrons. The Morgan fingerprint density at radius 3 is 3.12 bits per heavy atom. The van der Waals surface area contributed by atoms with Gasteiger partial charge in [0.25, 0.3) is 0 Å². The quantitative estimate of drug-likeness (QED) is 0.875. The van der Waals surface area contributed by atoms with Gasteiger partial charge in [-0.1, -0.05) is 11.6 Å². The van der Waals surface area contributed by atoms with Gasteiger partial charge in [0.1, 0.15) is 5.82 Å². The highest BCUT2D eigenvalue weighted by molar-refractivity contribution is 6.30. The monoisotopic (exact) mass is 243 g/mol. The van der Waals surface area contributed by atoms with Crippen LogP contribution in [0.4, 0.5) is 10.1 Å². The molecule has 1 aromatic carbocycles. The van der Waals surface area contributed by atoms with E-state index in [4.69, 9.17) is 16.3 Å². The molecule has 1 unspecified atom stereocenters. The molecular formula is C12H15ClFNO. The Hall–Kier alpha value is -0.800. The van der Waals surface area contributed by atoms with Crippen LogP contribution in [0.15, 0.2) is 18.2 Å². The number of anilines is 1. The van der Waals surface area contributed by atoms with Crippen LogP contribution < -0.4 is 5.32 Å². The van der Waals surface area contributed by atoms with Gasteiger partial charge in [-0.3, -0.25) is 0 Å². The summed E-state index contributed by atoms with van der Waals surface area (Å²) in [5.41, 5.74) is 0.463. The van der Waals surface area contributed by atoms with E-state index < -0.39 is 0 Å². The van der Waals surface area contributed by atoms with E-state index >= 15 is 0 Å². The Morgan fingerprint density at radius 1 is 1.50 bits per heavy atom. The van der Waals surface area contributed by atoms with Crippen molar-refractivity contribution in [2.75, 3.05) is 18.5 Å². The maximum absolute atomic E-state index is 13.3. The van der Waals surface area contributed by atoms with Gasteiger partial charge >= 0.3 is 0 Å². The number of benzene rings is 1. The molecule has 0 aromatic heterocycles. The Labute approximate surface area is 99.7 Å². The molecule has 4 heteroatoms. The topological polar surface area (TPSA) is 21.3 Å². The highest BCUT2D eigenvalue weighted by Crippen LogP contribution is 2.20. The zero-order chi connectivity index (χ0) is 11.4. The third-order valence-electron chi connectivity index (χ3n) is 2.73. The zero-order valence-corrected chi connectivity index (χ0v) is 9.77. The molecule has 1 N–H and O–H groups in total. The summed E-state index contributed by atoms with van der Waals surface area (Å²) in [6.07, 6.45) is 3.48. The first-order valence-corrected chi connectivity index (χ1v) is 5.94. The lowest BCUT2D eigenvalue weighted by Crippen LogP contribution is -2.13. The molecule has 0 aliphatic carbocycles. The lowest BCUT2D eigenvalue weighted by molar-refractivity contribution is 0.107. The lowest BCUT2D eigenvalue weighted by Gasteiger charge is -2.11. The summed E-state index contributed by atoms with van der Waals surface area (Å²) in [5.74, 6) is -0.267. The number of nitrogens with one attached hydrogen (secondary N) is 1. The van der Waals surface area contributed by atoms with Gasteiger partial charge in [0.05, 0.1) is 11.8 Å². The molecule has 2 rings (SSSR count). The molecule has 0 amide bonds. The molecule has 1 saturated heterocycles. The summed E-state index contributed by atoms with van der Waals surface area (Å²) in [6, 6.07) is 4.52. The van der Waals surface area contributed by atoms with Crippen LogP contribution in [0.25, 0.3) is 0 Å². The van der Waals surface area contributed by atoms with Gasteiger partial charge < -0.3 is 10.1 Å². The van der Waals surface area contributed by atoms with Crippen molar-refractivity contribution >= 4 is 17.3 Å². The molecule has 0 spiro atoms. The number of ether oxygens (including phenoxy) is 1. The summed E-state index contributed by atoms with van der Waals surface area (Å²) in [6.45, 7) is 1.57. The second-order valence-corrected chi connectivity index (χ2v) is 4.41. The first-order valence-electron chi connectivity index (χ1n) is 5.56. The van der Waals surface area contributed by atoms with Crippen LogP contribution in [-0.2, 0) is 4.74 Å². The predicted octanol–water partition coefficient (Wildman–Crippen LogP) is 3.46. The van der Waals surface area contributed by atoms with Gasteiger partial charge in [-0.05, 0) is 37.5 Å². The van der Waals surface area contributed by atoms with E-state index in [1.165, 1.54) is 6.07 Å². The van der Waals surface area contributed by atoms with Crippen LogP contribution in [0.2, 0.25) is 5.02 Å². The Bertz CT molecular complexity index is 353. The SMILES string of the molecule is Fc1ccc(Cl)cc1NCCC1CCCO1. The van der Waals surface area contributed by atoms with Crippen molar-refractivity contribution < 1.29 is 9.13 Å². The van der Waals surface area contributed by atoms with E-state index in [0.29, 0.717) is 23.4 Å². The summed E-state index contributed by atoms with van der Waals surface area (Å²) in [7, 11) is 0. The first-order chi connectivity index (χ1) is 7.75. The fraction of sp³-hybridized carbons (Fsp3) is 0.500. The van der Waals surface area contributed by atoms with Crippen LogP contribution >= 0.6 is 11.6 Å². The Balaban J connectivity index is 1.82. The van der Waals surface area contributed by atoms with Crippen molar-refractivity contribution in [2.24, 2.45) is 0 Å². The molecule has 88 valence electrons. The fourth-order valence-electron chi connectivity index (χ4n) is 1.87. The molecule has 1 aromatic rings. The summed E-state index contributed by atoms with van der Waals surface area (Å²) >= 11 is 5.79. The summed E-state index contributed by atoms with van der Waals surface area (Å²) < 4.78 is 18.8. The summed E-state index contributed by atoms with van der Waals surface area (Å²) in [4.78, 5) is 0. The fourth-order valence-corrected chi connectivity index (χ4v) is 2.04. The van der Waals surface area contributed by atoms with E-state index in [-0.39, 0.29) is 5.82 Å². The van der Waals surface area contributed by atoms with E-state index in [2.05, 4.69) is 5.32 Å². The van der Waals surface area contributed by atoms with Gasteiger partial charge in [-0.25, -0.2) is 4.39 Å². The maximum atomic E-state index is 13.3. The van der Waals surface area contributed by atoms with Crippen molar-refractivity contribution in [1.82, 2.24) is 0 Å². The van der Waals surface area contributed by atoms with Crippen molar-refractivity contribution in [1.29, 1.82) is 0 Å². The molecule has 1 aliphatic rings. The molecule has 2 nitrogen and oxygen atoms in total. The molecule has 0 bridgehead atoms. The molecule has 1 fully saturated rings. The van der Waals surface area contributed by atoms with E-state index in [1.807, 2.05) is 0 Å². The minimum Gasteiger partial charge on any atom is -0.383 e. The van der Waals surface area contributed by atoms with Crippen LogP contribution in [-0.4, -0.2) is 19.3 Å². The minimum absolute atomic E-state index is 0.267. The molecule has 1 atom stereocenters. The average Bonchev–Trinajstić information content (AvgIpc) is 2.76. The maximum Gasteiger partial charge on any atom is 0.146 e. The second-order valence-electron chi connectivity index (χ2n) is 3.97. The van der Waals surface area contributed by atoms with Gasteiger partial charge in [0.2, 0.25) is 0 Å². The molecule has 1 aliphatic heterocycles. The smallest absolute Gasteiger partial charge is 0.146 e. The number of rotatable bonds is 4. The van der Waals surface area contributed by atoms with Gasteiger partial charge in [0, 0.05) is 18.2 Å². The van der Waals surface area contributed by atoms with Crippen molar-refractivity contribution in [3.05, 3.63) is 29.0 Å². The predicted molar refractivity (Wildman–Crippen MR) is 63.5 cm³/mol. The van der Waals surface area contributed by atoms with Crippen LogP contribution in [0.3, 0.4) is 0 Å². The van der Waals surface area contributed by atoms with Crippen LogP contribution in [0, 0.1) is 5.82 Å². The van der Waals surface area contributed by atoms with Gasteiger partial charge in [-0.15, -0.1) is 0 Å². The van der Waals surface area contributed by atoms with Crippen molar-refractivity contribution in [2.45, 2.75) is 25.4 Å². The van der Waals surface area contributed by atoms with Crippen LogP contribution in [0.1, 0.15) is 19.3 Å². The normalized spacial score (nSPS) is 20.0. The lowest BCUT2D eigenvalue weighted by atomic mass is 10.2. The Kier molecular flexibility index (Phi) is 4.02. The number of hydrogen-bond acceptors (Lipinski definition) is 2. The van der Waals surface area contributed by atoms with E-state index in [9.17, 15) is 4.39 Å². The largest absolute Gasteiger partial charge is 0.383 e. The molecule has 16 heavy (non-hydrogen) atoms. The average molecular weight is 244 g/mol. The van der Waals surface area contributed by atoms with Crippen molar-refractivity contribution in [3.8, 4) is 0 Å². The highest BCUT2D eigenvalue weighted by atomic mass is 35.5. The minimum atomic E-state index is -0.267. The van der Waals surface area contributed by atoms with Gasteiger partial charge in [0.15, 0.2) is 0 Å². The number of hydrogen-bond donors (Lipinski definition) is 1. The standard InChI is InChI=1S/C12H15ClFNO/c13-9-3-4-11(14)12(8-9)15-6-5-10-2-1-7-16-10/h3-4,8,10,15H,1-2,5-7H2. The molecule has 0 saturated carbocycles. The first kappa shape index (κ1) is 11.7. The van der Waals surface area contributed by atoms with Gasteiger partial charge in [-0.2, -0.15) is 0 Å². The zero-order valence-electron chi connectivity index (χ0n) is 9.01. The summed E-state index contributed by atoms with van der Waals surface area (Å²) in [5, 5.41) is 3.58. The third kappa shape index (κ3) is 3.09. The van der Waals surface area contributed by atoms with E-state index in [1.54, 1.807) is 12.1 Å². The third-order valence-corrected chi connectivity index (χ3v) is 2.97. The highest BCUT2D eigenvalue weighted by Gasteiger charge is 2.14. The Morgan fingerprint density at radius 2 is 2.38 bits per heavy atom. The number of halogens is 2. The van der Waals surface area contributed by atoms with E-state index in [0.717, 1.165) is 25.9 Å². The van der Waals surface area contributed by atoms with Crippen LogP contribution in [0.5, 0.6) is 0 Å². The molecular weight excluding hydrogens is 229 g/mol. The molecule has 1 heterocycles.